The van der Waals surface area contributed by atoms with Crippen molar-refractivity contribution in [3.63, 3.8) is 0 Å². The summed E-state index contributed by atoms with van der Waals surface area (Å²) in [6.07, 6.45) is 2.90. The van der Waals surface area contributed by atoms with Crippen LogP contribution in [0.5, 0.6) is 17.2 Å². The van der Waals surface area contributed by atoms with Crippen molar-refractivity contribution in [1.29, 1.82) is 0 Å². The first-order valence-electron chi connectivity index (χ1n) is 9.04. The molecule has 1 fully saturated rings. The van der Waals surface area contributed by atoms with Gasteiger partial charge in [-0.1, -0.05) is 11.6 Å². The molecule has 0 radical (unpaired) electrons. The average molecular weight is 423 g/mol. The molecule has 0 spiro atoms. The summed E-state index contributed by atoms with van der Waals surface area (Å²) < 4.78 is 16.0. The number of methoxy groups -OCH3 is 3. The number of carboxylic acid groups (broad SMARTS) is 1. The molecule has 0 bridgehead atoms. The van der Waals surface area contributed by atoms with Crippen molar-refractivity contribution in [1.82, 2.24) is 9.97 Å². The third kappa shape index (κ3) is 4.56. The van der Waals surface area contributed by atoms with Crippen LogP contribution < -0.4 is 24.4 Å². The van der Waals surface area contributed by atoms with Gasteiger partial charge in [-0.3, -0.25) is 4.79 Å². The zero-order chi connectivity index (χ0) is 21.0. The van der Waals surface area contributed by atoms with Gasteiger partial charge in [0, 0.05) is 30.9 Å². The summed E-state index contributed by atoms with van der Waals surface area (Å²) in [6.45, 7) is 1.04. The lowest BCUT2D eigenvalue weighted by Crippen LogP contribution is -2.39. The van der Waals surface area contributed by atoms with E-state index in [1.54, 1.807) is 12.1 Å². The zero-order valence-corrected chi connectivity index (χ0v) is 17.2. The van der Waals surface area contributed by atoms with Crippen LogP contribution in [0.1, 0.15) is 12.8 Å². The third-order valence-electron chi connectivity index (χ3n) is 4.72. The maximum absolute atomic E-state index is 11.4. The molecule has 1 saturated heterocycles. The number of carboxylic acids is 1. The highest BCUT2D eigenvalue weighted by Gasteiger charge is 2.27. The fourth-order valence-corrected chi connectivity index (χ4v) is 3.50. The number of aliphatic carboxylic acids is 1. The molecular weight excluding hydrogens is 400 g/mol. The Labute approximate surface area is 173 Å². The minimum Gasteiger partial charge on any atom is -0.493 e. The lowest BCUT2D eigenvalue weighted by molar-refractivity contribution is -0.141. The molecule has 9 nitrogen and oxygen atoms in total. The van der Waals surface area contributed by atoms with E-state index in [9.17, 15) is 9.90 Å². The molecular formula is C19H23ClN4O5. The molecule has 0 amide bonds. The van der Waals surface area contributed by atoms with Gasteiger partial charge in [0.1, 0.15) is 5.02 Å². The largest absolute Gasteiger partial charge is 0.493 e. The number of piperidine rings is 1. The molecule has 156 valence electrons. The maximum atomic E-state index is 11.4. The summed E-state index contributed by atoms with van der Waals surface area (Å²) >= 11 is 6.30. The van der Waals surface area contributed by atoms with E-state index in [2.05, 4.69) is 15.3 Å². The number of anilines is 3. The summed E-state index contributed by atoms with van der Waals surface area (Å²) in [5, 5.41) is 12.8. The van der Waals surface area contributed by atoms with Gasteiger partial charge in [0.15, 0.2) is 17.3 Å². The van der Waals surface area contributed by atoms with E-state index in [-0.39, 0.29) is 0 Å². The van der Waals surface area contributed by atoms with Gasteiger partial charge in [-0.2, -0.15) is 4.98 Å². The van der Waals surface area contributed by atoms with Crippen LogP contribution in [-0.4, -0.2) is 55.5 Å². The molecule has 0 unspecified atom stereocenters. The Balaban J connectivity index is 1.88. The highest BCUT2D eigenvalue weighted by molar-refractivity contribution is 6.32. The Bertz CT molecular complexity index is 870. The van der Waals surface area contributed by atoms with E-state index in [1.165, 1.54) is 27.5 Å². The number of rotatable bonds is 7. The van der Waals surface area contributed by atoms with E-state index >= 15 is 0 Å². The van der Waals surface area contributed by atoms with Gasteiger partial charge in [0.25, 0.3) is 0 Å². The monoisotopic (exact) mass is 422 g/mol. The molecule has 1 aliphatic rings. The standard InChI is InChI=1S/C19H23ClN4O5/c1-27-14-7-12(8-15(28-2)16(14)29-3)22-19-21-9-13(20)17(23-19)24-6-4-5-11(10-24)18(25)26/h7-9,11H,4-6,10H2,1-3H3,(H,25,26)(H,21,22,23)/t11-/m0/s1. The number of benzene rings is 1. The number of nitrogens with zero attached hydrogens (tertiary/aromatic N) is 3. The molecule has 0 saturated carbocycles. The van der Waals surface area contributed by atoms with E-state index in [0.29, 0.717) is 59.2 Å². The second-order valence-corrected chi connectivity index (χ2v) is 6.93. The number of hydrogen-bond acceptors (Lipinski definition) is 8. The highest BCUT2D eigenvalue weighted by Crippen LogP contribution is 2.40. The van der Waals surface area contributed by atoms with Crippen molar-refractivity contribution in [3.05, 3.63) is 23.4 Å². The van der Waals surface area contributed by atoms with Crippen molar-refractivity contribution in [2.24, 2.45) is 5.92 Å². The van der Waals surface area contributed by atoms with Gasteiger partial charge in [-0.25, -0.2) is 4.98 Å². The molecule has 29 heavy (non-hydrogen) atoms. The molecule has 3 rings (SSSR count). The Morgan fingerprint density at radius 3 is 2.52 bits per heavy atom. The van der Waals surface area contributed by atoms with Gasteiger partial charge in [0.2, 0.25) is 11.7 Å². The second-order valence-electron chi connectivity index (χ2n) is 6.53. The fraction of sp³-hybridized carbons (Fsp3) is 0.421. The quantitative estimate of drug-likeness (QED) is 0.695. The van der Waals surface area contributed by atoms with Crippen LogP contribution >= 0.6 is 11.6 Å². The fourth-order valence-electron chi connectivity index (χ4n) is 3.29. The molecule has 1 aromatic heterocycles. The van der Waals surface area contributed by atoms with Gasteiger partial charge in [-0.15, -0.1) is 0 Å². The number of nitrogens with one attached hydrogen (secondary N) is 1. The Hall–Kier alpha value is -2.94. The highest BCUT2D eigenvalue weighted by atomic mass is 35.5. The number of carbonyl (C=O) groups is 1. The Morgan fingerprint density at radius 2 is 1.93 bits per heavy atom. The van der Waals surface area contributed by atoms with Crippen LogP contribution in [-0.2, 0) is 4.79 Å². The first kappa shape index (κ1) is 20.8. The van der Waals surface area contributed by atoms with Gasteiger partial charge in [0.05, 0.1) is 33.4 Å². The van der Waals surface area contributed by atoms with Crippen LogP contribution in [0.2, 0.25) is 5.02 Å². The lowest BCUT2D eigenvalue weighted by atomic mass is 9.98. The van der Waals surface area contributed by atoms with Crippen molar-refractivity contribution in [2.45, 2.75) is 12.8 Å². The molecule has 1 aromatic carbocycles. The van der Waals surface area contributed by atoms with E-state index < -0.39 is 11.9 Å². The predicted molar refractivity (Wildman–Crippen MR) is 109 cm³/mol. The molecule has 1 atom stereocenters. The van der Waals surface area contributed by atoms with Gasteiger partial charge >= 0.3 is 5.97 Å². The van der Waals surface area contributed by atoms with Crippen molar-refractivity contribution in [2.75, 3.05) is 44.6 Å². The molecule has 0 aliphatic carbocycles. The summed E-state index contributed by atoms with van der Waals surface area (Å²) in [6, 6.07) is 3.47. The Morgan fingerprint density at radius 1 is 1.24 bits per heavy atom. The van der Waals surface area contributed by atoms with E-state index in [1.807, 2.05) is 4.90 Å². The Kier molecular flexibility index (Phi) is 6.48. The van der Waals surface area contributed by atoms with Gasteiger partial charge in [-0.05, 0) is 12.8 Å². The van der Waals surface area contributed by atoms with Crippen molar-refractivity contribution in [3.8, 4) is 17.2 Å². The topological polar surface area (TPSA) is 106 Å². The van der Waals surface area contributed by atoms with Crippen LogP contribution in [0.25, 0.3) is 0 Å². The van der Waals surface area contributed by atoms with E-state index in [0.717, 1.165) is 6.42 Å². The second kappa shape index (κ2) is 9.04. The number of ether oxygens (including phenoxy) is 3. The third-order valence-corrected chi connectivity index (χ3v) is 4.98. The van der Waals surface area contributed by atoms with E-state index in [4.69, 9.17) is 25.8 Å². The molecule has 10 heteroatoms. The first-order chi connectivity index (χ1) is 14.0. The minimum atomic E-state index is -0.810. The first-order valence-corrected chi connectivity index (χ1v) is 9.42. The average Bonchev–Trinajstić information content (AvgIpc) is 2.74. The molecule has 2 aromatic rings. The molecule has 2 heterocycles. The van der Waals surface area contributed by atoms with Crippen molar-refractivity contribution >= 4 is 35.0 Å². The molecule has 2 N–H and O–H groups in total. The van der Waals surface area contributed by atoms with Crippen LogP contribution in [0.3, 0.4) is 0 Å². The maximum Gasteiger partial charge on any atom is 0.308 e. The predicted octanol–water partition coefficient (Wildman–Crippen LogP) is 3.20. The summed E-state index contributed by atoms with van der Waals surface area (Å²) in [5.74, 6) is 1.02. The minimum absolute atomic E-state index is 0.316. The normalized spacial score (nSPS) is 16.3. The summed E-state index contributed by atoms with van der Waals surface area (Å²) in [4.78, 5) is 22.0. The molecule has 1 aliphatic heterocycles. The number of hydrogen-bond donors (Lipinski definition) is 2. The van der Waals surface area contributed by atoms with Crippen LogP contribution in [0.4, 0.5) is 17.5 Å². The van der Waals surface area contributed by atoms with Crippen molar-refractivity contribution < 1.29 is 24.1 Å². The van der Waals surface area contributed by atoms with Crippen LogP contribution in [0.15, 0.2) is 18.3 Å². The zero-order valence-electron chi connectivity index (χ0n) is 16.4. The summed E-state index contributed by atoms with van der Waals surface area (Å²) in [7, 11) is 4.60. The summed E-state index contributed by atoms with van der Waals surface area (Å²) in [5.41, 5.74) is 0.634. The number of halogens is 1. The lowest BCUT2D eigenvalue weighted by Gasteiger charge is -2.32. The van der Waals surface area contributed by atoms with Crippen LogP contribution in [0, 0.1) is 5.92 Å². The number of aromatic nitrogens is 2. The van der Waals surface area contributed by atoms with Gasteiger partial charge < -0.3 is 29.5 Å². The SMILES string of the molecule is COc1cc(Nc2ncc(Cl)c(N3CCC[C@H](C(=O)O)C3)n2)cc(OC)c1OC. The smallest absolute Gasteiger partial charge is 0.308 e.